The number of nitrogens with two attached hydrogens (primary N) is 1. The molecule has 2 aromatic rings. The van der Waals surface area contributed by atoms with Gasteiger partial charge in [0.25, 0.3) is 5.91 Å². The molecule has 2 aromatic carbocycles. The molecule has 1 aliphatic rings. The van der Waals surface area contributed by atoms with E-state index in [0.29, 0.717) is 13.2 Å². The van der Waals surface area contributed by atoms with E-state index in [1.54, 1.807) is 0 Å². The van der Waals surface area contributed by atoms with Crippen LogP contribution in [0.4, 0.5) is 0 Å². The number of hydrogen-bond acceptors (Lipinski definition) is 3. The van der Waals surface area contributed by atoms with Gasteiger partial charge in [0.2, 0.25) is 0 Å². The highest BCUT2D eigenvalue weighted by Crippen LogP contribution is 2.18. The summed E-state index contributed by atoms with van der Waals surface area (Å²) in [6, 6.07) is 17.8. The number of ether oxygens (including phenoxy) is 1. The maximum absolute atomic E-state index is 12.5. The molecule has 0 unspecified atom stereocenters. The summed E-state index contributed by atoms with van der Waals surface area (Å²) in [6.45, 7) is 2.63. The largest absolute Gasteiger partial charge is 0.373 e. The van der Waals surface area contributed by atoms with Crippen molar-refractivity contribution < 1.29 is 9.53 Å². The smallest absolute Gasteiger partial charge is 0.253 e. The number of benzene rings is 2. The Hall–Kier alpha value is -2.17. The van der Waals surface area contributed by atoms with Crippen LogP contribution in [0.2, 0.25) is 0 Å². The zero-order valence-electron chi connectivity index (χ0n) is 13.9. The van der Waals surface area contributed by atoms with Gasteiger partial charge in [-0.15, -0.1) is 0 Å². The predicted octanol–water partition coefficient (Wildman–Crippen LogP) is 2.97. The molecule has 4 heteroatoms. The van der Waals surface area contributed by atoms with Crippen LogP contribution in [0.15, 0.2) is 54.6 Å². The highest BCUT2D eigenvalue weighted by atomic mass is 16.5. The number of carbonyl (C=O) groups is 1. The lowest BCUT2D eigenvalue weighted by atomic mass is 10.1. The van der Waals surface area contributed by atoms with Gasteiger partial charge in [-0.2, -0.15) is 0 Å². The van der Waals surface area contributed by atoms with Crippen LogP contribution in [0.25, 0.3) is 0 Å². The van der Waals surface area contributed by atoms with Crippen molar-refractivity contribution in [2.24, 2.45) is 5.73 Å². The minimum atomic E-state index is 0.0973. The Bertz CT molecular complexity index is 647. The van der Waals surface area contributed by atoms with E-state index in [1.807, 2.05) is 47.4 Å². The molecule has 1 aliphatic heterocycles. The second-order valence-corrected chi connectivity index (χ2v) is 6.19. The number of carbonyl (C=O) groups excluding carboxylic acids is 1. The van der Waals surface area contributed by atoms with Crippen molar-refractivity contribution in [3.8, 4) is 0 Å². The summed E-state index contributed by atoms with van der Waals surface area (Å²) in [5, 5.41) is 0. The van der Waals surface area contributed by atoms with Crippen LogP contribution in [0.3, 0.4) is 0 Å². The van der Waals surface area contributed by atoms with Crippen LogP contribution >= 0.6 is 0 Å². The van der Waals surface area contributed by atoms with Crippen LogP contribution in [-0.2, 0) is 17.9 Å². The van der Waals surface area contributed by atoms with E-state index in [4.69, 9.17) is 10.5 Å². The van der Waals surface area contributed by atoms with Gasteiger partial charge in [0.05, 0.1) is 12.7 Å². The van der Waals surface area contributed by atoms with Crippen molar-refractivity contribution in [2.75, 3.05) is 13.1 Å². The van der Waals surface area contributed by atoms with E-state index in [-0.39, 0.29) is 12.0 Å². The van der Waals surface area contributed by atoms with Crippen LogP contribution in [0.5, 0.6) is 0 Å². The quantitative estimate of drug-likeness (QED) is 0.920. The molecule has 3 rings (SSSR count). The summed E-state index contributed by atoms with van der Waals surface area (Å²) in [6.07, 6.45) is 2.01. The van der Waals surface area contributed by atoms with Gasteiger partial charge in [-0.1, -0.05) is 42.5 Å². The monoisotopic (exact) mass is 324 g/mol. The molecule has 2 N–H and O–H groups in total. The Balaban J connectivity index is 1.48. The third-order valence-electron chi connectivity index (χ3n) is 4.49. The maximum Gasteiger partial charge on any atom is 0.253 e. The third-order valence-corrected chi connectivity index (χ3v) is 4.49. The summed E-state index contributed by atoms with van der Waals surface area (Å²) < 4.78 is 5.98. The zero-order chi connectivity index (χ0) is 16.8. The van der Waals surface area contributed by atoms with Crippen molar-refractivity contribution >= 4 is 5.91 Å². The number of nitrogens with zero attached hydrogens (tertiary/aromatic N) is 1. The number of likely N-dealkylation sites (tertiary alicyclic amines) is 1. The molecule has 1 saturated heterocycles. The fraction of sp³-hybridized carbons (Fsp3) is 0.350. The molecule has 1 heterocycles. The lowest BCUT2D eigenvalue weighted by Gasteiger charge is -2.32. The van der Waals surface area contributed by atoms with Gasteiger partial charge >= 0.3 is 0 Å². The number of rotatable bonds is 5. The SMILES string of the molecule is NCc1ccc(C(=O)N2CCC(OCc3ccccc3)CC2)cc1. The van der Waals surface area contributed by atoms with E-state index >= 15 is 0 Å². The Morgan fingerprint density at radius 2 is 1.67 bits per heavy atom. The highest BCUT2D eigenvalue weighted by Gasteiger charge is 2.24. The van der Waals surface area contributed by atoms with Gasteiger partial charge in [-0.05, 0) is 36.1 Å². The second-order valence-electron chi connectivity index (χ2n) is 6.19. The minimum absolute atomic E-state index is 0.0973. The Morgan fingerprint density at radius 1 is 1.00 bits per heavy atom. The fourth-order valence-corrected chi connectivity index (χ4v) is 2.98. The molecule has 1 fully saturated rings. The Kier molecular flexibility index (Phi) is 5.62. The van der Waals surface area contributed by atoms with E-state index < -0.39 is 0 Å². The normalized spacial score (nSPS) is 15.5. The summed E-state index contributed by atoms with van der Waals surface area (Å²) in [7, 11) is 0. The average Bonchev–Trinajstić information content (AvgIpc) is 2.67. The van der Waals surface area contributed by atoms with Crippen LogP contribution in [0, 0.1) is 0 Å². The maximum atomic E-state index is 12.5. The minimum Gasteiger partial charge on any atom is -0.373 e. The highest BCUT2D eigenvalue weighted by molar-refractivity contribution is 5.94. The molecule has 0 saturated carbocycles. The van der Waals surface area contributed by atoms with Crippen molar-refractivity contribution in [3.63, 3.8) is 0 Å². The van der Waals surface area contributed by atoms with E-state index in [9.17, 15) is 4.79 Å². The lowest BCUT2D eigenvalue weighted by molar-refractivity contribution is -0.000379. The average molecular weight is 324 g/mol. The number of piperidine rings is 1. The number of hydrogen-bond donors (Lipinski definition) is 1. The van der Waals surface area contributed by atoms with Gasteiger partial charge in [-0.3, -0.25) is 4.79 Å². The molecule has 0 spiro atoms. The van der Waals surface area contributed by atoms with E-state index in [1.165, 1.54) is 5.56 Å². The molecule has 0 aliphatic carbocycles. The molecule has 0 radical (unpaired) electrons. The van der Waals surface area contributed by atoms with E-state index in [0.717, 1.165) is 37.1 Å². The first-order valence-electron chi connectivity index (χ1n) is 8.50. The molecule has 1 amide bonds. The van der Waals surface area contributed by atoms with Gasteiger partial charge in [0.15, 0.2) is 0 Å². The first-order valence-corrected chi connectivity index (χ1v) is 8.50. The molecular formula is C20H24N2O2. The zero-order valence-corrected chi connectivity index (χ0v) is 13.9. The van der Waals surface area contributed by atoms with Crippen molar-refractivity contribution in [1.29, 1.82) is 0 Å². The molecule has 0 aromatic heterocycles. The predicted molar refractivity (Wildman–Crippen MR) is 94.5 cm³/mol. The molecule has 126 valence electrons. The van der Waals surface area contributed by atoms with Crippen molar-refractivity contribution in [3.05, 3.63) is 71.3 Å². The molecule has 4 nitrogen and oxygen atoms in total. The molecule has 0 atom stereocenters. The topological polar surface area (TPSA) is 55.6 Å². The van der Waals surface area contributed by atoms with Crippen molar-refractivity contribution in [1.82, 2.24) is 4.90 Å². The summed E-state index contributed by atoms with van der Waals surface area (Å²) in [5.74, 6) is 0.0973. The van der Waals surface area contributed by atoms with Crippen LogP contribution in [-0.4, -0.2) is 30.0 Å². The third kappa shape index (κ3) is 4.22. The Morgan fingerprint density at radius 3 is 2.29 bits per heavy atom. The van der Waals surface area contributed by atoms with Gasteiger partial charge in [-0.25, -0.2) is 0 Å². The summed E-state index contributed by atoms with van der Waals surface area (Å²) in [4.78, 5) is 14.5. The van der Waals surface area contributed by atoms with Gasteiger partial charge in [0.1, 0.15) is 0 Å². The van der Waals surface area contributed by atoms with Gasteiger partial charge < -0.3 is 15.4 Å². The molecule has 0 bridgehead atoms. The van der Waals surface area contributed by atoms with Crippen LogP contribution in [0.1, 0.15) is 34.3 Å². The summed E-state index contributed by atoms with van der Waals surface area (Å²) in [5.41, 5.74) is 8.56. The number of amides is 1. The molecular weight excluding hydrogens is 300 g/mol. The molecule has 24 heavy (non-hydrogen) atoms. The van der Waals surface area contributed by atoms with E-state index in [2.05, 4.69) is 12.1 Å². The summed E-state index contributed by atoms with van der Waals surface area (Å²) >= 11 is 0. The second kappa shape index (κ2) is 8.08. The first kappa shape index (κ1) is 16.7. The standard InChI is InChI=1S/C20H24N2O2/c21-14-16-6-8-18(9-7-16)20(23)22-12-10-19(11-13-22)24-15-17-4-2-1-3-5-17/h1-9,19H,10-15,21H2. The first-order chi connectivity index (χ1) is 11.8. The van der Waals surface area contributed by atoms with Crippen molar-refractivity contribution in [2.45, 2.75) is 32.1 Å². The lowest BCUT2D eigenvalue weighted by Crippen LogP contribution is -2.40. The van der Waals surface area contributed by atoms with Gasteiger partial charge in [0, 0.05) is 25.2 Å². The Labute approximate surface area is 143 Å². The van der Waals surface area contributed by atoms with Crippen LogP contribution < -0.4 is 5.73 Å². The fourth-order valence-electron chi connectivity index (χ4n) is 2.98.